The molecule has 2 heterocycles. The molecule has 0 aromatic carbocycles. The Morgan fingerprint density at radius 3 is 2.88 bits per heavy atom. The Kier molecular flexibility index (Phi) is 3.84. The quantitative estimate of drug-likeness (QED) is 0.539. The van der Waals surface area contributed by atoms with Crippen LogP contribution in [0.3, 0.4) is 0 Å². The first-order chi connectivity index (χ1) is 7.68. The fourth-order valence-electron chi connectivity index (χ4n) is 2.66. The third kappa shape index (κ3) is 2.56. The van der Waals surface area contributed by atoms with E-state index in [2.05, 4.69) is 5.32 Å². The summed E-state index contributed by atoms with van der Waals surface area (Å²) in [4.78, 5) is 13.6. The monoisotopic (exact) mass is 226 g/mol. The van der Waals surface area contributed by atoms with Crippen LogP contribution in [0.4, 0.5) is 0 Å². The average Bonchev–Trinajstić information content (AvgIpc) is 2.86. The van der Waals surface area contributed by atoms with Gasteiger partial charge in [-0.3, -0.25) is 4.79 Å². The first-order valence-corrected chi connectivity index (χ1v) is 6.05. The summed E-state index contributed by atoms with van der Waals surface area (Å²) in [5, 5.41) is 21.6. The number of carbonyl (C=O) groups excluding carboxylic acids is 1. The largest absolute Gasteiger partial charge is 0.475 e. The van der Waals surface area contributed by atoms with E-state index in [1.54, 1.807) is 4.90 Å². The van der Waals surface area contributed by atoms with Crippen LogP contribution in [0.25, 0.3) is 0 Å². The minimum atomic E-state index is -1.40. The lowest BCUT2D eigenvalue weighted by Crippen LogP contribution is -2.46. The summed E-state index contributed by atoms with van der Waals surface area (Å²) in [5.74, 6) is 0.107. The van der Waals surface area contributed by atoms with Gasteiger partial charge in [-0.15, -0.1) is 0 Å². The SMILES string of the molecule is O=C(C[C@H]1CCNC1)N1CCCC1B(O)O. The van der Waals surface area contributed by atoms with Crippen molar-refractivity contribution in [3.63, 3.8) is 0 Å². The van der Waals surface area contributed by atoms with Crippen LogP contribution in [-0.2, 0) is 4.79 Å². The molecule has 90 valence electrons. The topological polar surface area (TPSA) is 72.8 Å². The first kappa shape index (κ1) is 11.9. The summed E-state index contributed by atoms with van der Waals surface area (Å²) < 4.78 is 0. The lowest BCUT2D eigenvalue weighted by Gasteiger charge is -2.25. The molecular weight excluding hydrogens is 207 g/mol. The van der Waals surface area contributed by atoms with E-state index in [1.165, 1.54) is 0 Å². The highest BCUT2D eigenvalue weighted by Gasteiger charge is 2.37. The van der Waals surface area contributed by atoms with Crippen molar-refractivity contribution in [2.75, 3.05) is 19.6 Å². The summed E-state index contributed by atoms with van der Waals surface area (Å²) in [6, 6.07) is 0. The number of amides is 1. The van der Waals surface area contributed by atoms with Crippen LogP contribution in [0.1, 0.15) is 25.7 Å². The van der Waals surface area contributed by atoms with Gasteiger partial charge in [-0.2, -0.15) is 0 Å². The molecule has 1 unspecified atom stereocenters. The van der Waals surface area contributed by atoms with Gasteiger partial charge in [0.05, 0.1) is 5.94 Å². The number of nitrogens with one attached hydrogen (secondary N) is 1. The molecule has 2 atom stereocenters. The molecule has 5 nitrogen and oxygen atoms in total. The van der Waals surface area contributed by atoms with E-state index < -0.39 is 7.12 Å². The third-order valence-electron chi connectivity index (χ3n) is 3.59. The highest BCUT2D eigenvalue weighted by molar-refractivity contribution is 6.43. The molecule has 0 saturated carbocycles. The summed E-state index contributed by atoms with van der Waals surface area (Å²) in [7, 11) is -1.40. The zero-order chi connectivity index (χ0) is 11.5. The van der Waals surface area contributed by atoms with Gasteiger partial charge in [-0.25, -0.2) is 0 Å². The molecule has 0 aliphatic carbocycles. The lowest BCUT2D eigenvalue weighted by molar-refractivity contribution is -0.132. The van der Waals surface area contributed by atoms with Crippen LogP contribution < -0.4 is 5.32 Å². The Morgan fingerprint density at radius 2 is 2.25 bits per heavy atom. The van der Waals surface area contributed by atoms with Gasteiger partial charge in [0.2, 0.25) is 5.91 Å². The molecule has 0 spiro atoms. The number of rotatable bonds is 3. The Balaban J connectivity index is 1.87. The number of hydrogen-bond donors (Lipinski definition) is 3. The maximum absolute atomic E-state index is 12.0. The van der Waals surface area contributed by atoms with Gasteiger partial charge in [0.15, 0.2) is 0 Å². The van der Waals surface area contributed by atoms with Crippen LogP contribution in [-0.4, -0.2) is 53.5 Å². The zero-order valence-electron chi connectivity index (χ0n) is 9.43. The number of nitrogens with zero attached hydrogens (tertiary/aromatic N) is 1. The molecule has 2 fully saturated rings. The molecule has 16 heavy (non-hydrogen) atoms. The van der Waals surface area contributed by atoms with Crippen molar-refractivity contribution in [1.82, 2.24) is 10.2 Å². The zero-order valence-corrected chi connectivity index (χ0v) is 9.43. The predicted octanol–water partition coefficient (Wildman–Crippen LogP) is -1.01. The highest BCUT2D eigenvalue weighted by Crippen LogP contribution is 2.22. The minimum absolute atomic E-state index is 0.0734. The Labute approximate surface area is 96.0 Å². The van der Waals surface area contributed by atoms with E-state index in [1.807, 2.05) is 0 Å². The Hall–Kier alpha value is -0.585. The van der Waals surface area contributed by atoms with Gasteiger partial charge in [-0.1, -0.05) is 0 Å². The second kappa shape index (κ2) is 5.16. The van der Waals surface area contributed by atoms with Crippen molar-refractivity contribution in [1.29, 1.82) is 0 Å². The molecule has 2 aliphatic heterocycles. The second-order valence-corrected chi connectivity index (χ2v) is 4.77. The van der Waals surface area contributed by atoms with Crippen LogP contribution in [0.15, 0.2) is 0 Å². The Morgan fingerprint density at radius 1 is 1.44 bits per heavy atom. The first-order valence-electron chi connectivity index (χ1n) is 6.05. The third-order valence-corrected chi connectivity index (χ3v) is 3.59. The fraction of sp³-hybridized carbons (Fsp3) is 0.900. The van der Waals surface area contributed by atoms with Gasteiger partial charge in [-0.05, 0) is 38.3 Å². The summed E-state index contributed by atoms with van der Waals surface area (Å²) in [5.41, 5.74) is 0. The molecule has 0 bridgehead atoms. The van der Waals surface area contributed by atoms with Crippen LogP contribution in [0.2, 0.25) is 0 Å². The molecular formula is C10H19BN2O3. The molecule has 0 radical (unpaired) electrons. The van der Waals surface area contributed by atoms with Gasteiger partial charge < -0.3 is 20.3 Å². The maximum Gasteiger partial charge on any atom is 0.475 e. The minimum Gasteiger partial charge on any atom is -0.426 e. The van der Waals surface area contributed by atoms with Crippen molar-refractivity contribution in [3.05, 3.63) is 0 Å². The van der Waals surface area contributed by atoms with Crippen molar-refractivity contribution < 1.29 is 14.8 Å². The van der Waals surface area contributed by atoms with E-state index in [9.17, 15) is 14.8 Å². The fourth-order valence-corrected chi connectivity index (χ4v) is 2.66. The van der Waals surface area contributed by atoms with Crippen molar-refractivity contribution >= 4 is 13.0 Å². The molecule has 2 rings (SSSR count). The van der Waals surface area contributed by atoms with Crippen LogP contribution in [0.5, 0.6) is 0 Å². The molecule has 6 heteroatoms. The van der Waals surface area contributed by atoms with Gasteiger partial charge in [0, 0.05) is 13.0 Å². The number of carbonyl (C=O) groups is 1. The van der Waals surface area contributed by atoms with Gasteiger partial charge >= 0.3 is 7.12 Å². The molecule has 1 amide bonds. The molecule has 2 aliphatic rings. The predicted molar refractivity (Wildman–Crippen MR) is 60.5 cm³/mol. The summed E-state index contributed by atoms with van der Waals surface area (Å²) in [6.07, 6.45) is 3.16. The lowest BCUT2D eigenvalue weighted by atomic mass is 9.77. The maximum atomic E-state index is 12.0. The summed E-state index contributed by atoms with van der Waals surface area (Å²) >= 11 is 0. The van der Waals surface area contributed by atoms with E-state index in [-0.39, 0.29) is 11.8 Å². The molecule has 0 aromatic rings. The van der Waals surface area contributed by atoms with Gasteiger partial charge in [0.1, 0.15) is 0 Å². The Bertz CT molecular complexity index is 256. The van der Waals surface area contributed by atoms with Crippen molar-refractivity contribution in [3.8, 4) is 0 Å². The number of hydrogen-bond acceptors (Lipinski definition) is 4. The van der Waals surface area contributed by atoms with E-state index in [0.717, 1.165) is 25.9 Å². The standard InChI is InChI=1S/C10H19BN2O3/c14-10(6-8-3-4-12-7-8)13-5-1-2-9(13)11(15)16/h8-9,12,15-16H,1-7H2/t8-,9?/m1/s1. The second-order valence-electron chi connectivity index (χ2n) is 4.77. The summed E-state index contributed by atoms with van der Waals surface area (Å²) in [6.45, 7) is 2.57. The highest BCUT2D eigenvalue weighted by atomic mass is 16.4. The van der Waals surface area contributed by atoms with Crippen LogP contribution in [0, 0.1) is 5.92 Å². The number of likely N-dealkylation sites (tertiary alicyclic amines) is 1. The average molecular weight is 226 g/mol. The normalized spacial score (nSPS) is 29.8. The van der Waals surface area contributed by atoms with Crippen molar-refractivity contribution in [2.45, 2.75) is 31.6 Å². The molecule has 3 N–H and O–H groups in total. The van der Waals surface area contributed by atoms with Crippen LogP contribution >= 0.6 is 0 Å². The van der Waals surface area contributed by atoms with E-state index in [4.69, 9.17) is 0 Å². The molecule has 0 aromatic heterocycles. The van der Waals surface area contributed by atoms with E-state index >= 15 is 0 Å². The van der Waals surface area contributed by atoms with Gasteiger partial charge in [0.25, 0.3) is 0 Å². The van der Waals surface area contributed by atoms with E-state index in [0.29, 0.717) is 25.3 Å². The van der Waals surface area contributed by atoms with Crippen molar-refractivity contribution in [2.24, 2.45) is 5.92 Å². The smallest absolute Gasteiger partial charge is 0.426 e. The molecule has 2 saturated heterocycles.